The summed E-state index contributed by atoms with van der Waals surface area (Å²) in [6.45, 7) is 0. The molecule has 2 aromatic rings. The van der Waals surface area contributed by atoms with E-state index >= 15 is 0 Å². The van der Waals surface area contributed by atoms with Gasteiger partial charge in [0.25, 0.3) is 0 Å². The van der Waals surface area contributed by atoms with E-state index in [2.05, 4.69) is 5.32 Å². The van der Waals surface area contributed by atoms with Gasteiger partial charge in [0, 0.05) is 38.3 Å². The quantitative estimate of drug-likeness (QED) is 0.761. The van der Waals surface area contributed by atoms with Crippen molar-refractivity contribution in [2.45, 2.75) is 0 Å². The van der Waals surface area contributed by atoms with Gasteiger partial charge in [0.1, 0.15) is 5.76 Å². The zero-order valence-corrected chi connectivity index (χ0v) is 13.0. The molecule has 0 N–H and O–H groups in total. The Kier molecular flexibility index (Phi) is 4.20. The van der Waals surface area contributed by atoms with Crippen LogP contribution in [0.15, 0.2) is 48.5 Å². The predicted molar refractivity (Wildman–Crippen MR) is 70.4 cm³/mol. The van der Waals surface area contributed by atoms with Crippen molar-refractivity contribution < 1.29 is 37.4 Å². The first-order chi connectivity index (χ1) is 8.38. The molecule has 0 unspecified atom stereocenters. The summed E-state index contributed by atoms with van der Waals surface area (Å²) in [5.74, 6) is 0.856. The van der Waals surface area contributed by atoms with E-state index in [0.29, 0.717) is 0 Å². The van der Waals surface area contributed by atoms with Crippen LogP contribution in [0.2, 0.25) is 0 Å². The van der Waals surface area contributed by atoms with Gasteiger partial charge in [-0.25, -0.2) is 0 Å². The van der Waals surface area contributed by atoms with E-state index in [9.17, 15) is 0 Å². The molecular formula is C15H12NOY-. The molecule has 1 heterocycles. The second kappa shape index (κ2) is 5.68. The molecule has 87 valence electrons. The molecule has 0 aliphatic carbocycles. The number of hydrogen-bond donors (Lipinski definition) is 0. The maximum absolute atomic E-state index is 5.46. The van der Waals surface area contributed by atoms with Crippen LogP contribution in [0, 0.1) is 0 Å². The van der Waals surface area contributed by atoms with Crippen LogP contribution in [0.1, 0.15) is 11.1 Å². The van der Waals surface area contributed by atoms with Crippen molar-refractivity contribution in [3.8, 4) is 0 Å². The number of methoxy groups -OCH3 is 1. The summed E-state index contributed by atoms with van der Waals surface area (Å²) in [4.78, 5) is 0. The molecule has 2 aromatic carbocycles. The van der Waals surface area contributed by atoms with Gasteiger partial charge in [-0.15, -0.1) is 11.4 Å². The number of nitrogens with zero attached hydrogens (tertiary/aromatic N) is 1. The second-order valence-electron chi connectivity index (χ2n) is 3.90. The molecule has 1 radical (unpaired) electrons. The normalized spacial score (nSPS) is 11.9. The monoisotopic (exact) mass is 311 g/mol. The summed E-state index contributed by atoms with van der Waals surface area (Å²) >= 11 is 0. The van der Waals surface area contributed by atoms with Gasteiger partial charge in [0.15, 0.2) is 0 Å². The zero-order valence-electron chi connectivity index (χ0n) is 10.1. The van der Waals surface area contributed by atoms with Gasteiger partial charge in [-0.05, 0) is 11.6 Å². The molecule has 0 spiro atoms. The van der Waals surface area contributed by atoms with Crippen LogP contribution in [-0.4, -0.2) is 7.11 Å². The Labute approximate surface area is 132 Å². The third-order valence-electron chi connectivity index (χ3n) is 2.85. The SMILES string of the molecule is COC1=Cc2ccccc2[N-]c2ccccc21.[Y]. The van der Waals surface area contributed by atoms with E-state index in [1.165, 1.54) is 0 Å². The molecule has 1 aliphatic rings. The van der Waals surface area contributed by atoms with Crippen LogP contribution in [0.4, 0.5) is 11.4 Å². The van der Waals surface area contributed by atoms with Gasteiger partial charge in [0.05, 0.1) is 7.11 Å². The fourth-order valence-electron chi connectivity index (χ4n) is 2.01. The molecular weight excluding hydrogens is 299 g/mol. The van der Waals surface area contributed by atoms with Gasteiger partial charge in [0.2, 0.25) is 0 Å². The minimum Gasteiger partial charge on any atom is -0.657 e. The number of rotatable bonds is 1. The minimum absolute atomic E-state index is 0. The Bertz CT molecular complexity index is 593. The van der Waals surface area contributed by atoms with Crippen molar-refractivity contribution in [2.24, 2.45) is 0 Å². The van der Waals surface area contributed by atoms with E-state index in [1.54, 1.807) is 7.11 Å². The van der Waals surface area contributed by atoms with Gasteiger partial charge < -0.3 is 10.1 Å². The summed E-state index contributed by atoms with van der Waals surface area (Å²) in [5.41, 5.74) is 4.05. The number of para-hydroxylation sites is 2. The maximum atomic E-state index is 5.46. The summed E-state index contributed by atoms with van der Waals surface area (Å²) in [6, 6.07) is 16.1. The minimum atomic E-state index is 0. The van der Waals surface area contributed by atoms with Crippen LogP contribution >= 0.6 is 0 Å². The molecule has 0 amide bonds. The van der Waals surface area contributed by atoms with E-state index in [-0.39, 0.29) is 32.7 Å². The fourth-order valence-corrected chi connectivity index (χ4v) is 2.01. The standard InChI is InChI=1S/C15H12NO.Y/c1-17-15-10-11-6-2-4-8-13(11)16-14-9-5-3-7-12(14)15;/h2-10H,1H3;/q-1;. The third-order valence-corrected chi connectivity index (χ3v) is 2.85. The second-order valence-corrected chi connectivity index (χ2v) is 3.90. The van der Waals surface area contributed by atoms with Crippen molar-refractivity contribution >= 4 is 23.2 Å². The fraction of sp³-hybridized carbons (Fsp3) is 0.0667. The summed E-state index contributed by atoms with van der Waals surface area (Å²) < 4.78 is 5.46. The summed E-state index contributed by atoms with van der Waals surface area (Å²) in [6.07, 6.45) is 2.03. The predicted octanol–water partition coefficient (Wildman–Crippen LogP) is 4.48. The van der Waals surface area contributed by atoms with Crippen LogP contribution in [-0.2, 0) is 37.4 Å². The first-order valence-corrected chi connectivity index (χ1v) is 5.54. The van der Waals surface area contributed by atoms with Crippen molar-refractivity contribution in [1.82, 2.24) is 0 Å². The average Bonchev–Trinajstić information content (AvgIpc) is 2.54. The molecule has 1 aliphatic heterocycles. The average molecular weight is 311 g/mol. The Morgan fingerprint density at radius 3 is 2.33 bits per heavy atom. The van der Waals surface area contributed by atoms with Crippen molar-refractivity contribution in [3.63, 3.8) is 0 Å². The number of hydrogen-bond acceptors (Lipinski definition) is 1. The first-order valence-electron chi connectivity index (χ1n) is 5.54. The number of ether oxygens (including phenoxy) is 1. The Morgan fingerprint density at radius 2 is 1.56 bits per heavy atom. The smallest absolute Gasteiger partial charge is 0.125 e. The van der Waals surface area contributed by atoms with Crippen LogP contribution in [0.3, 0.4) is 0 Å². The van der Waals surface area contributed by atoms with E-state index in [0.717, 1.165) is 28.3 Å². The van der Waals surface area contributed by atoms with Crippen molar-refractivity contribution in [3.05, 3.63) is 65.0 Å². The van der Waals surface area contributed by atoms with Crippen molar-refractivity contribution in [1.29, 1.82) is 0 Å². The largest absolute Gasteiger partial charge is 0.657 e. The molecule has 0 bridgehead atoms. The number of benzene rings is 2. The molecule has 0 saturated heterocycles. The molecule has 3 heteroatoms. The Morgan fingerprint density at radius 1 is 0.889 bits per heavy atom. The molecule has 3 rings (SSSR count). The van der Waals surface area contributed by atoms with E-state index < -0.39 is 0 Å². The topological polar surface area (TPSA) is 23.3 Å². The van der Waals surface area contributed by atoms with Crippen LogP contribution < -0.4 is 0 Å². The molecule has 0 aromatic heterocycles. The number of fused-ring (bicyclic) bond motifs is 2. The molecule has 0 saturated carbocycles. The van der Waals surface area contributed by atoms with E-state index in [1.807, 2.05) is 54.6 Å². The van der Waals surface area contributed by atoms with Gasteiger partial charge in [-0.1, -0.05) is 48.5 Å². The molecule has 2 nitrogen and oxygen atoms in total. The van der Waals surface area contributed by atoms with Gasteiger partial charge in [-0.3, -0.25) is 0 Å². The molecule has 18 heavy (non-hydrogen) atoms. The maximum Gasteiger partial charge on any atom is 0.125 e. The molecule has 0 fully saturated rings. The summed E-state index contributed by atoms with van der Waals surface area (Å²) in [5, 5.41) is 4.67. The van der Waals surface area contributed by atoms with Gasteiger partial charge >= 0.3 is 0 Å². The van der Waals surface area contributed by atoms with Gasteiger partial charge in [-0.2, -0.15) is 0 Å². The zero-order chi connectivity index (χ0) is 11.7. The third kappa shape index (κ3) is 2.36. The summed E-state index contributed by atoms with van der Waals surface area (Å²) in [7, 11) is 1.69. The van der Waals surface area contributed by atoms with Crippen molar-refractivity contribution in [2.75, 3.05) is 7.11 Å². The van der Waals surface area contributed by atoms with Crippen LogP contribution in [0.5, 0.6) is 0 Å². The Hall–Kier alpha value is -1.12. The molecule has 0 atom stereocenters. The Balaban J connectivity index is 0.00000120. The van der Waals surface area contributed by atoms with E-state index in [4.69, 9.17) is 4.74 Å². The first kappa shape index (κ1) is 13.3. The van der Waals surface area contributed by atoms with Crippen LogP contribution in [0.25, 0.3) is 17.2 Å².